The molecule has 0 aromatic heterocycles. The van der Waals surface area contributed by atoms with Crippen LogP contribution < -0.4 is 4.74 Å². The maximum Gasteiger partial charge on any atom is 0.335 e. The molecule has 0 heterocycles. The topological polar surface area (TPSA) is 46.5 Å². The first-order valence-electron chi connectivity index (χ1n) is 5.02. The van der Waals surface area contributed by atoms with E-state index in [0.717, 1.165) is 3.57 Å². The van der Waals surface area contributed by atoms with E-state index >= 15 is 0 Å². The Hall–Kier alpha value is -1.08. The smallest absolute Gasteiger partial charge is 0.335 e. The Morgan fingerprint density at radius 1 is 1.17 bits per heavy atom. The lowest BCUT2D eigenvalue weighted by Gasteiger charge is -2.07. The summed E-state index contributed by atoms with van der Waals surface area (Å²) < 4.78 is 7.36. The van der Waals surface area contributed by atoms with E-state index in [-0.39, 0.29) is 5.56 Å². The van der Waals surface area contributed by atoms with E-state index in [1.807, 2.05) is 24.3 Å². The quantitative estimate of drug-likeness (QED) is 0.744. The largest absolute Gasteiger partial charge is 0.478 e. The van der Waals surface area contributed by atoms with Gasteiger partial charge in [0.2, 0.25) is 0 Å². The molecule has 2 aromatic rings. The Morgan fingerprint density at radius 3 is 2.61 bits per heavy atom. The van der Waals surface area contributed by atoms with Gasteiger partial charge in [0.25, 0.3) is 0 Å². The van der Waals surface area contributed by atoms with E-state index in [1.54, 1.807) is 6.07 Å². The molecule has 0 atom stereocenters. The van der Waals surface area contributed by atoms with E-state index in [0.29, 0.717) is 16.0 Å². The normalized spacial score (nSPS) is 10.1. The molecule has 0 spiro atoms. The monoisotopic (exact) mass is 418 g/mol. The van der Waals surface area contributed by atoms with E-state index in [4.69, 9.17) is 9.84 Å². The second-order valence-electron chi connectivity index (χ2n) is 3.54. The molecule has 0 aliphatic carbocycles. The minimum absolute atomic E-state index is 0.185. The van der Waals surface area contributed by atoms with Crippen molar-refractivity contribution in [1.29, 1.82) is 0 Å². The predicted molar refractivity (Wildman–Crippen MR) is 80.3 cm³/mol. The number of carboxylic acids is 1. The van der Waals surface area contributed by atoms with Gasteiger partial charge in [0.15, 0.2) is 0 Å². The van der Waals surface area contributed by atoms with Crippen LogP contribution in [0.4, 0.5) is 0 Å². The van der Waals surface area contributed by atoms with Crippen molar-refractivity contribution in [2.24, 2.45) is 0 Å². The van der Waals surface area contributed by atoms with Gasteiger partial charge in [0, 0.05) is 8.04 Å². The van der Waals surface area contributed by atoms with Gasteiger partial charge in [-0.3, -0.25) is 0 Å². The van der Waals surface area contributed by atoms with Crippen LogP contribution in [-0.2, 0) is 0 Å². The van der Waals surface area contributed by atoms with E-state index < -0.39 is 5.97 Å². The van der Waals surface area contributed by atoms with E-state index in [2.05, 4.69) is 38.5 Å². The molecule has 0 unspecified atom stereocenters. The van der Waals surface area contributed by atoms with Gasteiger partial charge in [-0.05, 0) is 59.0 Å². The maximum absolute atomic E-state index is 10.9. The lowest BCUT2D eigenvalue weighted by molar-refractivity contribution is 0.0696. The summed E-state index contributed by atoms with van der Waals surface area (Å²) in [5.41, 5.74) is 0.185. The number of hydrogen-bond acceptors (Lipinski definition) is 2. The molecule has 2 rings (SSSR count). The second kappa shape index (κ2) is 5.71. The number of benzene rings is 2. The van der Waals surface area contributed by atoms with Crippen LogP contribution in [0.2, 0.25) is 0 Å². The summed E-state index contributed by atoms with van der Waals surface area (Å²) in [6.07, 6.45) is 0. The van der Waals surface area contributed by atoms with Gasteiger partial charge in [0.1, 0.15) is 11.5 Å². The maximum atomic E-state index is 10.9. The molecule has 92 valence electrons. The van der Waals surface area contributed by atoms with Gasteiger partial charge in [-0.2, -0.15) is 0 Å². The fourth-order valence-corrected chi connectivity index (χ4v) is 2.40. The van der Waals surface area contributed by atoms with Gasteiger partial charge in [-0.15, -0.1) is 0 Å². The minimum atomic E-state index is -0.983. The number of carbonyl (C=O) groups is 1. The Morgan fingerprint density at radius 2 is 1.94 bits per heavy atom. The molecule has 1 N–H and O–H groups in total. The third-order valence-corrected chi connectivity index (χ3v) is 3.28. The minimum Gasteiger partial charge on any atom is -0.478 e. The third kappa shape index (κ3) is 3.46. The summed E-state index contributed by atoms with van der Waals surface area (Å²) in [7, 11) is 0. The Kier molecular flexibility index (Phi) is 4.23. The SMILES string of the molecule is O=C(O)c1cc(Br)cc(Oc2cccc(I)c2)c1. The van der Waals surface area contributed by atoms with Crippen LogP contribution in [0, 0.1) is 3.57 Å². The highest BCUT2D eigenvalue weighted by molar-refractivity contribution is 14.1. The van der Waals surface area contributed by atoms with E-state index in [1.165, 1.54) is 12.1 Å². The number of halogens is 2. The number of ether oxygens (including phenoxy) is 1. The molecule has 0 saturated heterocycles. The molecule has 3 nitrogen and oxygen atoms in total. The van der Waals surface area contributed by atoms with Crippen molar-refractivity contribution in [1.82, 2.24) is 0 Å². The zero-order valence-corrected chi connectivity index (χ0v) is 12.8. The average Bonchev–Trinajstić information content (AvgIpc) is 2.28. The fraction of sp³-hybridized carbons (Fsp3) is 0. The average molecular weight is 419 g/mol. The number of hydrogen-bond donors (Lipinski definition) is 1. The summed E-state index contributed by atoms with van der Waals surface area (Å²) in [4.78, 5) is 10.9. The van der Waals surface area contributed by atoms with Gasteiger partial charge < -0.3 is 9.84 Å². The van der Waals surface area contributed by atoms with Crippen LogP contribution in [0.1, 0.15) is 10.4 Å². The van der Waals surface area contributed by atoms with Crippen LogP contribution in [0.25, 0.3) is 0 Å². The molecule has 0 fully saturated rings. The molecule has 0 bridgehead atoms. The molecule has 0 aliphatic rings. The summed E-state index contributed by atoms with van der Waals surface area (Å²) >= 11 is 5.45. The Bertz CT molecular complexity index is 599. The summed E-state index contributed by atoms with van der Waals surface area (Å²) in [5.74, 6) is 0.184. The van der Waals surface area contributed by atoms with Crippen molar-refractivity contribution in [3.05, 3.63) is 56.1 Å². The van der Waals surface area contributed by atoms with Crippen LogP contribution in [0.15, 0.2) is 46.9 Å². The Balaban J connectivity index is 2.31. The molecule has 0 aliphatic heterocycles. The van der Waals surface area contributed by atoms with Gasteiger partial charge >= 0.3 is 5.97 Å². The van der Waals surface area contributed by atoms with Gasteiger partial charge in [-0.25, -0.2) is 4.79 Å². The second-order valence-corrected chi connectivity index (χ2v) is 5.70. The molecule has 0 amide bonds. The first-order chi connectivity index (χ1) is 8.54. The van der Waals surface area contributed by atoms with Gasteiger partial charge in [0.05, 0.1) is 5.56 Å². The lowest BCUT2D eigenvalue weighted by atomic mass is 10.2. The molecular formula is C13H8BrIO3. The highest BCUT2D eigenvalue weighted by atomic mass is 127. The Labute approximate surface area is 126 Å². The first-order valence-corrected chi connectivity index (χ1v) is 6.89. The van der Waals surface area contributed by atoms with Crippen molar-refractivity contribution in [2.45, 2.75) is 0 Å². The van der Waals surface area contributed by atoms with Crippen molar-refractivity contribution in [2.75, 3.05) is 0 Å². The van der Waals surface area contributed by atoms with Crippen molar-refractivity contribution >= 4 is 44.5 Å². The molecule has 0 radical (unpaired) electrons. The number of carboxylic acid groups (broad SMARTS) is 1. The zero-order chi connectivity index (χ0) is 13.1. The summed E-state index contributed by atoms with van der Waals surface area (Å²) in [6, 6.07) is 12.3. The fourth-order valence-electron chi connectivity index (χ4n) is 1.41. The highest BCUT2D eigenvalue weighted by Crippen LogP contribution is 2.27. The summed E-state index contributed by atoms with van der Waals surface area (Å²) in [6.45, 7) is 0. The van der Waals surface area contributed by atoms with Crippen molar-refractivity contribution in [3.8, 4) is 11.5 Å². The zero-order valence-electron chi connectivity index (χ0n) is 9.06. The van der Waals surface area contributed by atoms with E-state index in [9.17, 15) is 4.79 Å². The van der Waals surface area contributed by atoms with Crippen molar-refractivity contribution in [3.63, 3.8) is 0 Å². The highest BCUT2D eigenvalue weighted by Gasteiger charge is 2.07. The van der Waals surface area contributed by atoms with Crippen LogP contribution in [-0.4, -0.2) is 11.1 Å². The number of rotatable bonds is 3. The molecule has 5 heteroatoms. The van der Waals surface area contributed by atoms with Crippen molar-refractivity contribution < 1.29 is 14.6 Å². The van der Waals surface area contributed by atoms with Crippen LogP contribution >= 0.6 is 38.5 Å². The van der Waals surface area contributed by atoms with Gasteiger partial charge in [-0.1, -0.05) is 22.0 Å². The van der Waals surface area contributed by atoms with Crippen LogP contribution in [0.3, 0.4) is 0 Å². The molecule has 18 heavy (non-hydrogen) atoms. The standard InChI is InChI=1S/C13H8BrIO3/c14-9-4-8(13(16)17)5-12(6-9)18-11-3-1-2-10(15)7-11/h1-7H,(H,16,17). The molecule has 0 saturated carbocycles. The first kappa shape index (κ1) is 13.4. The predicted octanol–water partition coefficient (Wildman–Crippen LogP) is 4.54. The lowest BCUT2D eigenvalue weighted by Crippen LogP contribution is -1.96. The third-order valence-electron chi connectivity index (χ3n) is 2.15. The number of aromatic carboxylic acids is 1. The summed E-state index contributed by atoms with van der Waals surface area (Å²) in [5, 5.41) is 8.97. The van der Waals surface area contributed by atoms with Crippen LogP contribution in [0.5, 0.6) is 11.5 Å². The molecular weight excluding hydrogens is 411 g/mol. The molecule has 2 aromatic carbocycles.